The second-order valence-corrected chi connectivity index (χ2v) is 9.28. The largest absolute Gasteiger partial charge is 0.489 e. The molecule has 1 saturated heterocycles. The van der Waals surface area contributed by atoms with Crippen molar-refractivity contribution in [3.63, 3.8) is 0 Å². The number of sulfonamides is 1. The molecule has 2 heterocycles. The van der Waals surface area contributed by atoms with Gasteiger partial charge in [-0.3, -0.25) is 4.68 Å². The number of aryl methyl sites for hydroxylation is 1. The lowest BCUT2D eigenvalue weighted by Gasteiger charge is -2.26. The number of hydrogen-bond donors (Lipinski definition) is 0. The number of piperidine rings is 1. The van der Waals surface area contributed by atoms with E-state index in [1.54, 1.807) is 41.0 Å². The molecule has 0 atom stereocenters. The van der Waals surface area contributed by atoms with Crippen molar-refractivity contribution in [2.24, 2.45) is 0 Å². The van der Waals surface area contributed by atoms with Crippen molar-refractivity contribution in [1.29, 1.82) is 0 Å². The van der Waals surface area contributed by atoms with E-state index in [4.69, 9.17) is 27.9 Å². The molecule has 0 N–H and O–H groups in total. The van der Waals surface area contributed by atoms with Gasteiger partial charge in [-0.25, -0.2) is 8.42 Å². The molecule has 148 valence electrons. The molecule has 1 aromatic heterocycles. The van der Waals surface area contributed by atoms with Crippen molar-refractivity contribution in [2.75, 3.05) is 19.7 Å². The molecule has 2 aromatic rings. The van der Waals surface area contributed by atoms with Gasteiger partial charge in [-0.05, 0) is 38.8 Å². The third kappa shape index (κ3) is 4.26. The number of nitrogens with zero attached hydrogens (tertiary/aromatic N) is 3. The van der Waals surface area contributed by atoms with Gasteiger partial charge in [-0.1, -0.05) is 35.7 Å². The summed E-state index contributed by atoms with van der Waals surface area (Å²) < 4.78 is 35.0. The number of rotatable bonds is 6. The van der Waals surface area contributed by atoms with Gasteiger partial charge < -0.3 is 4.74 Å². The molecule has 0 saturated carbocycles. The Bertz CT molecular complexity index is 902. The highest BCUT2D eigenvalue weighted by Gasteiger charge is 2.31. The summed E-state index contributed by atoms with van der Waals surface area (Å²) in [6, 6.07) is 5.15. The first-order valence-corrected chi connectivity index (χ1v) is 11.1. The summed E-state index contributed by atoms with van der Waals surface area (Å²) in [5.74, 6) is 0.420. The molecule has 0 spiro atoms. The molecule has 1 fully saturated rings. The summed E-state index contributed by atoms with van der Waals surface area (Å²) in [5.41, 5.74) is 1.13. The molecule has 3 rings (SSSR count). The van der Waals surface area contributed by atoms with Crippen molar-refractivity contribution in [3.8, 4) is 5.75 Å². The number of para-hydroxylation sites is 1. The van der Waals surface area contributed by atoms with Crippen LogP contribution in [-0.2, 0) is 16.6 Å². The molecule has 1 aromatic carbocycles. The van der Waals surface area contributed by atoms with Crippen LogP contribution < -0.4 is 4.74 Å². The highest BCUT2D eigenvalue weighted by molar-refractivity contribution is 7.89. The lowest BCUT2D eigenvalue weighted by atomic mass is 10.2. The maximum Gasteiger partial charge on any atom is 0.246 e. The summed E-state index contributed by atoms with van der Waals surface area (Å²) in [6.07, 6.45) is 2.88. The average molecular weight is 432 g/mol. The van der Waals surface area contributed by atoms with Crippen LogP contribution in [0.4, 0.5) is 0 Å². The first kappa shape index (κ1) is 20.5. The van der Waals surface area contributed by atoms with Gasteiger partial charge in [0, 0.05) is 13.1 Å². The van der Waals surface area contributed by atoms with Crippen molar-refractivity contribution in [2.45, 2.75) is 44.6 Å². The van der Waals surface area contributed by atoms with Crippen LogP contribution in [0.5, 0.6) is 5.75 Å². The Morgan fingerprint density at radius 1 is 1.11 bits per heavy atom. The van der Waals surface area contributed by atoms with Crippen molar-refractivity contribution >= 4 is 33.2 Å². The van der Waals surface area contributed by atoms with Crippen LogP contribution in [0, 0.1) is 13.8 Å². The molecular weight excluding hydrogens is 409 g/mol. The predicted octanol–water partition coefficient (Wildman–Crippen LogP) is 4.06. The quantitative estimate of drug-likeness (QED) is 0.691. The number of hydrogen-bond acceptors (Lipinski definition) is 4. The van der Waals surface area contributed by atoms with Gasteiger partial charge in [0.2, 0.25) is 10.0 Å². The zero-order valence-electron chi connectivity index (χ0n) is 15.4. The standard InChI is InChI=1S/C18H23Cl2N3O3S/c1-13-18(27(24,25)22-9-4-3-5-10-22)14(2)23(21-13)11-12-26-17-15(19)7-6-8-16(17)20/h6-8H,3-5,9-12H2,1-2H3. The molecule has 0 radical (unpaired) electrons. The van der Waals surface area contributed by atoms with E-state index in [1.807, 2.05) is 0 Å². The highest BCUT2D eigenvalue weighted by Crippen LogP contribution is 2.32. The zero-order valence-corrected chi connectivity index (χ0v) is 17.7. The Morgan fingerprint density at radius 3 is 2.37 bits per heavy atom. The summed E-state index contributed by atoms with van der Waals surface area (Å²) >= 11 is 12.2. The van der Waals surface area contributed by atoms with Gasteiger partial charge in [-0.2, -0.15) is 9.40 Å². The van der Waals surface area contributed by atoms with E-state index < -0.39 is 10.0 Å². The summed E-state index contributed by atoms with van der Waals surface area (Å²) in [6.45, 7) is 5.31. The fraction of sp³-hybridized carbons (Fsp3) is 0.500. The normalized spacial score (nSPS) is 15.9. The fourth-order valence-electron chi connectivity index (χ4n) is 3.36. The van der Waals surface area contributed by atoms with Crippen LogP contribution in [0.15, 0.2) is 23.1 Å². The first-order chi connectivity index (χ1) is 12.8. The molecule has 1 aliphatic rings. The van der Waals surface area contributed by atoms with Crippen LogP contribution in [0.3, 0.4) is 0 Å². The maximum absolute atomic E-state index is 13.0. The van der Waals surface area contributed by atoms with Gasteiger partial charge in [-0.15, -0.1) is 0 Å². The molecular formula is C18H23Cl2N3O3S. The zero-order chi connectivity index (χ0) is 19.6. The molecule has 27 heavy (non-hydrogen) atoms. The van der Waals surface area contributed by atoms with E-state index in [1.165, 1.54) is 0 Å². The van der Waals surface area contributed by atoms with E-state index in [2.05, 4.69) is 5.10 Å². The van der Waals surface area contributed by atoms with Crippen LogP contribution in [-0.4, -0.2) is 42.2 Å². The first-order valence-electron chi connectivity index (χ1n) is 8.93. The van der Waals surface area contributed by atoms with E-state index in [-0.39, 0.29) is 6.61 Å². The summed E-state index contributed by atoms with van der Waals surface area (Å²) in [7, 11) is -3.53. The number of benzene rings is 1. The summed E-state index contributed by atoms with van der Waals surface area (Å²) in [5, 5.41) is 5.28. The van der Waals surface area contributed by atoms with Gasteiger partial charge >= 0.3 is 0 Å². The lowest BCUT2D eigenvalue weighted by Crippen LogP contribution is -2.36. The Balaban J connectivity index is 1.76. The van der Waals surface area contributed by atoms with E-state index >= 15 is 0 Å². The third-order valence-electron chi connectivity index (χ3n) is 4.70. The Morgan fingerprint density at radius 2 is 1.74 bits per heavy atom. The second-order valence-electron chi connectivity index (χ2n) is 6.59. The van der Waals surface area contributed by atoms with Gasteiger partial charge in [0.25, 0.3) is 0 Å². The van der Waals surface area contributed by atoms with Crippen LogP contribution in [0.1, 0.15) is 30.7 Å². The molecule has 6 nitrogen and oxygen atoms in total. The topological polar surface area (TPSA) is 64.4 Å². The average Bonchev–Trinajstić information content (AvgIpc) is 2.92. The molecule has 0 unspecified atom stereocenters. The van der Waals surface area contributed by atoms with Gasteiger partial charge in [0.15, 0.2) is 5.75 Å². The predicted molar refractivity (Wildman–Crippen MR) is 106 cm³/mol. The van der Waals surface area contributed by atoms with Crippen molar-refractivity contribution in [1.82, 2.24) is 14.1 Å². The molecule has 0 aliphatic carbocycles. The van der Waals surface area contributed by atoms with Crippen LogP contribution >= 0.6 is 23.2 Å². The van der Waals surface area contributed by atoms with Crippen LogP contribution in [0.2, 0.25) is 10.0 Å². The number of halogens is 2. The maximum atomic E-state index is 13.0. The minimum absolute atomic E-state index is 0.272. The summed E-state index contributed by atoms with van der Waals surface area (Å²) in [4.78, 5) is 0.306. The van der Waals surface area contributed by atoms with Gasteiger partial charge in [0.1, 0.15) is 11.5 Å². The number of ether oxygens (including phenoxy) is 1. The molecule has 0 amide bonds. The molecule has 1 aliphatic heterocycles. The second kappa shape index (κ2) is 8.39. The smallest absolute Gasteiger partial charge is 0.246 e. The Kier molecular flexibility index (Phi) is 6.35. The van der Waals surface area contributed by atoms with Crippen LogP contribution in [0.25, 0.3) is 0 Å². The van der Waals surface area contributed by atoms with E-state index in [0.29, 0.717) is 51.7 Å². The monoisotopic (exact) mass is 431 g/mol. The SMILES string of the molecule is Cc1nn(CCOc2c(Cl)cccc2Cl)c(C)c1S(=O)(=O)N1CCCCC1. The lowest BCUT2D eigenvalue weighted by molar-refractivity contribution is 0.289. The van der Waals surface area contributed by atoms with Gasteiger partial charge in [0.05, 0.1) is 28.0 Å². The van der Waals surface area contributed by atoms with Crippen molar-refractivity contribution in [3.05, 3.63) is 39.6 Å². The minimum Gasteiger partial charge on any atom is -0.489 e. The van der Waals surface area contributed by atoms with E-state index in [9.17, 15) is 8.42 Å². The molecule has 0 bridgehead atoms. The number of aromatic nitrogens is 2. The Hall–Kier alpha value is -1.28. The van der Waals surface area contributed by atoms with E-state index in [0.717, 1.165) is 19.3 Å². The third-order valence-corrected chi connectivity index (χ3v) is 7.44. The fourth-order valence-corrected chi connectivity index (χ4v) is 5.76. The Labute approximate surface area is 170 Å². The molecule has 9 heteroatoms. The minimum atomic E-state index is -3.53. The highest BCUT2D eigenvalue weighted by atomic mass is 35.5. The van der Waals surface area contributed by atoms with Crippen molar-refractivity contribution < 1.29 is 13.2 Å².